The number of halogens is 2. The molecule has 6 rings (SSSR count). The van der Waals surface area contributed by atoms with Gasteiger partial charge in [0, 0.05) is 35.1 Å². The Bertz CT molecular complexity index is 1460. The lowest BCUT2D eigenvalue weighted by molar-refractivity contribution is 0.260. The number of nitrogens with zero attached hydrogens (tertiary/aromatic N) is 3. The number of hydrogen-bond donors (Lipinski definition) is 4. The summed E-state index contributed by atoms with van der Waals surface area (Å²) in [6, 6.07) is 10.7. The second kappa shape index (κ2) is 9.40. The van der Waals surface area contributed by atoms with Gasteiger partial charge in [-0.25, -0.2) is 4.39 Å². The fourth-order valence-corrected chi connectivity index (χ4v) is 5.32. The molecule has 0 bridgehead atoms. The van der Waals surface area contributed by atoms with Gasteiger partial charge in [0.15, 0.2) is 0 Å². The minimum absolute atomic E-state index is 0.0559. The number of fused-ring (bicyclic) bond motifs is 1. The monoisotopic (exact) mass is 518 g/mol. The van der Waals surface area contributed by atoms with Crippen LogP contribution in [0.1, 0.15) is 64.0 Å². The van der Waals surface area contributed by atoms with Crippen LogP contribution in [-0.4, -0.2) is 21.6 Å². The van der Waals surface area contributed by atoms with Crippen molar-refractivity contribution in [1.82, 2.24) is 21.0 Å². The number of aromatic nitrogens is 1. The summed E-state index contributed by atoms with van der Waals surface area (Å²) >= 11 is 6.74. The lowest BCUT2D eigenvalue weighted by Crippen LogP contribution is -2.44. The number of hydrazine groups is 2. The first kappa shape index (κ1) is 22.6. The molecule has 190 valence electrons. The van der Waals surface area contributed by atoms with E-state index in [-0.39, 0.29) is 11.4 Å². The van der Waals surface area contributed by atoms with Crippen LogP contribution in [0.25, 0.3) is 10.9 Å². The van der Waals surface area contributed by atoms with Crippen LogP contribution in [0.4, 0.5) is 15.8 Å². The summed E-state index contributed by atoms with van der Waals surface area (Å²) in [4.78, 5) is 4.48. The summed E-state index contributed by atoms with van der Waals surface area (Å²) < 4.78 is 23.4. The minimum Gasteiger partial charge on any atom is -0.378 e. The van der Waals surface area contributed by atoms with Gasteiger partial charge in [-0.05, 0) is 68.4 Å². The van der Waals surface area contributed by atoms with Crippen LogP contribution in [0.2, 0.25) is 5.02 Å². The van der Waals surface area contributed by atoms with Crippen molar-refractivity contribution in [3.05, 3.63) is 76.5 Å². The third-order valence-corrected chi connectivity index (χ3v) is 7.91. The van der Waals surface area contributed by atoms with E-state index in [1.165, 1.54) is 12.1 Å². The molecule has 4 N–H and O–H groups in total. The van der Waals surface area contributed by atoms with Crippen LogP contribution in [0.5, 0.6) is 0 Å². The van der Waals surface area contributed by atoms with Gasteiger partial charge < -0.3 is 16.1 Å². The molecule has 1 unspecified atom stereocenters. The molecule has 37 heavy (non-hydrogen) atoms. The van der Waals surface area contributed by atoms with Crippen LogP contribution in [0, 0.1) is 17.1 Å². The molecule has 3 aliphatic rings. The summed E-state index contributed by atoms with van der Waals surface area (Å²) in [5.41, 5.74) is 9.64. The average Bonchev–Trinajstić information content (AvgIpc) is 3.62. The van der Waals surface area contributed by atoms with Crippen molar-refractivity contribution >= 4 is 33.9 Å². The van der Waals surface area contributed by atoms with Gasteiger partial charge in [0.25, 0.3) is 0 Å². The number of nitriles is 1. The zero-order valence-electron chi connectivity index (χ0n) is 21.5. The molecular weight excluding hydrogens is 489 g/mol. The van der Waals surface area contributed by atoms with Gasteiger partial charge in [-0.2, -0.15) is 5.26 Å². The van der Waals surface area contributed by atoms with E-state index in [0.29, 0.717) is 50.2 Å². The van der Waals surface area contributed by atoms with Crippen LogP contribution in [0.3, 0.4) is 0 Å². The molecule has 0 radical (unpaired) electrons. The SMILES string of the molecule is [2H]C(Nc1cc(Cl)c2ncc(C#N)c(NC3(CC)CCC3)c2c1)(C1=CN(C2CC2)NN1)c1ccc(F)cc1. The predicted molar refractivity (Wildman–Crippen MR) is 144 cm³/mol. The van der Waals surface area contributed by atoms with Crippen molar-refractivity contribution in [2.45, 2.75) is 63.0 Å². The average molecular weight is 519 g/mol. The normalized spacial score (nSPS) is 20.2. The van der Waals surface area contributed by atoms with Crippen molar-refractivity contribution in [2.24, 2.45) is 0 Å². The molecule has 2 fully saturated rings. The summed E-state index contributed by atoms with van der Waals surface area (Å²) in [5, 5.41) is 20.0. The smallest absolute Gasteiger partial charge is 0.123 e. The first-order valence-corrected chi connectivity index (χ1v) is 13.1. The number of anilines is 2. The van der Waals surface area contributed by atoms with Gasteiger partial charge in [0.1, 0.15) is 11.9 Å². The van der Waals surface area contributed by atoms with Gasteiger partial charge in [0.05, 0.1) is 34.9 Å². The Labute approximate surface area is 222 Å². The maximum atomic E-state index is 13.8. The van der Waals surface area contributed by atoms with Crippen LogP contribution < -0.4 is 21.6 Å². The Morgan fingerprint density at radius 1 is 1.32 bits per heavy atom. The number of pyridine rings is 1. The van der Waals surface area contributed by atoms with E-state index in [9.17, 15) is 11.0 Å². The quantitative estimate of drug-likeness (QED) is 0.285. The third kappa shape index (κ3) is 4.54. The van der Waals surface area contributed by atoms with E-state index in [4.69, 9.17) is 11.6 Å². The number of rotatable bonds is 8. The molecular formula is C28H29ClFN7. The predicted octanol–water partition coefficient (Wildman–Crippen LogP) is 6.13. The van der Waals surface area contributed by atoms with Crippen molar-refractivity contribution in [2.75, 3.05) is 10.6 Å². The standard InChI is InChI=1S/C28H29ClFN7/c1-2-28(10-3-11-28)34-25-18(14-31)15-32-27-22(25)12-20(13-23(27)29)33-26(17-4-6-19(30)7-5-17)24-16-37(36-35-24)21-8-9-21/h4-7,12-13,15-16,21,26,33,35-36H,2-3,8-11H2,1H3,(H,32,34)/i26D. The lowest BCUT2D eigenvalue weighted by Gasteiger charge is -2.43. The fraction of sp³-hybridized carbons (Fsp3) is 0.357. The fourth-order valence-electron chi connectivity index (χ4n) is 5.05. The van der Waals surface area contributed by atoms with Crippen molar-refractivity contribution in [3.8, 4) is 6.07 Å². The van der Waals surface area contributed by atoms with E-state index in [2.05, 4.69) is 39.6 Å². The van der Waals surface area contributed by atoms with Gasteiger partial charge in [-0.15, -0.1) is 5.53 Å². The van der Waals surface area contributed by atoms with E-state index < -0.39 is 6.02 Å². The zero-order chi connectivity index (χ0) is 26.5. The van der Waals surface area contributed by atoms with Crippen molar-refractivity contribution < 1.29 is 5.76 Å². The largest absolute Gasteiger partial charge is 0.378 e. The summed E-state index contributed by atoms with van der Waals surface area (Å²) in [6.45, 7) is 2.15. The van der Waals surface area contributed by atoms with E-state index in [0.717, 1.165) is 38.5 Å². The Morgan fingerprint density at radius 3 is 2.76 bits per heavy atom. The van der Waals surface area contributed by atoms with Gasteiger partial charge in [0.2, 0.25) is 0 Å². The highest BCUT2D eigenvalue weighted by Crippen LogP contribution is 2.42. The zero-order valence-corrected chi connectivity index (χ0v) is 21.3. The Kier molecular flexibility index (Phi) is 5.75. The second-order valence-electron chi connectivity index (χ2n) is 10.1. The Balaban J connectivity index is 1.45. The first-order valence-electron chi connectivity index (χ1n) is 13.2. The number of benzene rings is 2. The molecule has 2 aliphatic carbocycles. The molecule has 2 heterocycles. The van der Waals surface area contributed by atoms with Crippen molar-refractivity contribution in [3.63, 3.8) is 0 Å². The maximum absolute atomic E-state index is 13.8. The Hall–Kier alpha value is -3.54. The van der Waals surface area contributed by atoms with Crippen LogP contribution in [0.15, 0.2) is 54.5 Å². The molecule has 2 saturated carbocycles. The molecule has 0 spiro atoms. The molecule has 7 nitrogen and oxygen atoms in total. The molecule has 2 aromatic carbocycles. The highest BCUT2D eigenvalue weighted by Gasteiger charge is 2.36. The highest BCUT2D eigenvalue weighted by atomic mass is 35.5. The number of hydrogen-bond acceptors (Lipinski definition) is 7. The molecule has 0 amide bonds. The topological polar surface area (TPSA) is 88.0 Å². The van der Waals surface area contributed by atoms with Gasteiger partial charge in [-0.1, -0.05) is 30.7 Å². The number of nitrogens with one attached hydrogen (secondary N) is 4. The van der Waals surface area contributed by atoms with Crippen molar-refractivity contribution in [1.29, 1.82) is 5.26 Å². The third-order valence-electron chi connectivity index (χ3n) is 7.62. The van der Waals surface area contributed by atoms with E-state index in [1.807, 2.05) is 17.3 Å². The molecule has 1 aromatic heterocycles. The van der Waals surface area contributed by atoms with Crippen LogP contribution >= 0.6 is 11.6 Å². The lowest BCUT2D eigenvalue weighted by atomic mass is 9.74. The molecule has 1 aliphatic heterocycles. The molecule has 1 atom stereocenters. The van der Waals surface area contributed by atoms with Gasteiger partial charge >= 0.3 is 0 Å². The summed E-state index contributed by atoms with van der Waals surface area (Å²) in [6.07, 6.45) is 9.76. The van der Waals surface area contributed by atoms with E-state index >= 15 is 0 Å². The first-order chi connectivity index (χ1) is 18.3. The highest BCUT2D eigenvalue weighted by molar-refractivity contribution is 6.35. The van der Waals surface area contributed by atoms with Crippen LogP contribution in [-0.2, 0) is 0 Å². The molecule has 3 aromatic rings. The summed E-state index contributed by atoms with van der Waals surface area (Å²) in [7, 11) is 0. The van der Waals surface area contributed by atoms with Gasteiger partial charge in [-0.3, -0.25) is 9.99 Å². The second-order valence-corrected chi connectivity index (χ2v) is 10.5. The maximum Gasteiger partial charge on any atom is 0.123 e. The minimum atomic E-state index is -1.49. The molecule has 9 heteroatoms. The molecule has 0 saturated heterocycles. The summed E-state index contributed by atoms with van der Waals surface area (Å²) in [5.74, 6) is -0.373. The van der Waals surface area contributed by atoms with E-state index in [1.54, 1.807) is 24.4 Å². The Morgan fingerprint density at radius 2 is 2.11 bits per heavy atom.